The van der Waals surface area contributed by atoms with E-state index in [4.69, 9.17) is 4.74 Å². The minimum Gasteiger partial charge on any atom is -0.422 e. The zero-order valence-corrected chi connectivity index (χ0v) is 10.0. The minimum absolute atomic E-state index is 0.412. The highest BCUT2D eigenvalue weighted by molar-refractivity contribution is 5.88. The fourth-order valence-electron chi connectivity index (χ4n) is 1.39. The van der Waals surface area contributed by atoms with Crippen molar-refractivity contribution in [2.75, 3.05) is 0 Å². The fourth-order valence-corrected chi connectivity index (χ4v) is 1.39. The summed E-state index contributed by atoms with van der Waals surface area (Å²) in [6.07, 6.45) is 4.64. The minimum atomic E-state index is -0.412. The first-order chi connectivity index (χ1) is 8.74. The van der Waals surface area contributed by atoms with Crippen LogP contribution in [-0.4, -0.2) is 11.0 Å². The third kappa shape index (κ3) is 3.56. The van der Waals surface area contributed by atoms with Crippen molar-refractivity contribution in [1.29, 1.82) is 0 Å². The maximum absolute atomic E-state index is 11.5. The topological polar surface area (TPSA) is 39.2 Å². The highest BCUT2D eigenvalue weighted by Crippen LogP contribution is 2.09. The van der Waals surface area contributed by atoms with E-state index in [9.17, 15) is 4.79 Å². The van der Waals surface area contributed by atoms with E-state index in [1.807, 2.05) is 37.3 Å². The van der Waals surface area contributed by atoms with Crippen LogP contribution < -0.4 is 4.74 Å². The molecule has 2 aromatic rings. The summed E-state index contributed by atoms with van der Waals surface area (Å²) < 4.78 is 5.10. The van der Waals surface area contributed by atoms with Gasteiger partial charge in [0, 0.05) is 11.8 Å². The molecular formula is C15H13NO2. The van der Waals surface area contributed by atoms with Gasteiger partial charge < -0.3 is 4.74 Å². The molecule has 1 heterocycles. The van der Waals surface area contributed by atoms with Crippen molar-refractivity contribution in [3.8, 4) is 5.75 Å². The van der Waals surface area contributed by atoms with Crippen LogP contribution in [0.5, 0.6) is 5.75 Å². The Bertz CT molecular complexity index is 544. The maximum atomic E-state index is 11.5. The highest BCUT2D eigenvalue weighted by Gasteiger charge is 2.00. The van der Waals surface area contributed by atoms with Crippen LogP contribution in [-0.2, 0) is 4.79 Å². The molecule has 0 atom stereocenters. The molecule has 0 N–H and O–H groups in total. The van der Waals surface area contributed by atoms with Gasteiger partial charge in [-0.2, -0.15) is 0 Å². The molecule has 0 radical (unpaired) electrons. The molecule has 0 aliphatic carbocycles. The molecule has 0 aliphatic rings. The number of benzene rings is 1. The summed E-state index contributed by atoms with van der Waals surface area (Å²) >= 11 is 0. The van der Waals surface area contributed by atoms with Gasteiger partial charge in [-0.1, -0.05) is 30.3 Å². The van der Waals surface area contributed by atoms with Crippen molar-refractivity contribution < 1.29 is 9.53 Å². The van der Waals surface area contributed by atoms with Crippen molar-refractivity contribution >= 4 is 12.0 Å². The van der Waals surface area contributed by atoms with Crippen LogP contribution in [0.2, 0.25) is 0 Å². The summed E-state index contributed by atoms with van der Waals surface area (Å²) in [5.41, 5.74) is 1.84. The van der Waals surface area contributed by atoms with E-state index < -0.39 is 5.97 Å². The largest absolute Gasteiger partial charge is 0.422 e. The Hall–Kier alpha value is -2.42. The Morgan fingerprint density at radius 2 is 1.94 bits per heavy atom. The van der Waals surface area contributed by atoms with Crippen LogP contribution in [0.4, 0.5) is 0 Å². The van der Waals surface area contributed by atoms with Gasteiger partial charge in [0.05, 0.1) is 6.20 Å². The number of aromatic nitrogens is 1. The molecule has 3 heteroatoms. The second kappa shape index (κ2) is 5.77. The Morgan fingerprint density at radius 3 is 2.61 bits per heavy atom. The summed E-state index contributed by atoms with van der Waals surface area (Å²) in [4.78, 5) is 15.6. The van der Waals surface area contributed by atoms with Crippen LogP contribution in [0.15, 0.2) is 54.7 Å². The number of carbonyl (C=O) groups is 1. The molecule has 0 aliphatic heterocycles. The highest BCUT2D eigenvalue weighted by atomic mass is 16.5. The van der Waals surface area contributed by atoms with Gasteiger partial charge >= 0.3 is 5.97 Å². The first kappa shape index (κ1) is 12.0. The normalized spacial score (nSPS) is 10.5. The molecule has 0 spiro atoms. The van der Waals surface area contributed by atoms with Crippen LogP contribution in [0.1, 0.15) is 11.3 Å². The Labute approximate surface area is 106 Å². The lowest BCUT2D eigenvalue weighted by Gasteiger charge is -2.00. The smallest absolute Gasteiger partial charge is 0.336 e. The molecule has 0 saturated carbocycles. The van der Waals surface area contributed by atoms with Crippen LogP contribution in [0.25, 0.3) is 6.08 Å². The first-order valence-corrected chi connectivity index (χ1v) is 5.61. The van der Waals surface area contributed by atoms with E-state index in [0.717, 1.165) is 11.3 Å². The summed E-state index contributed by atoms with van der Waals surface area (Å²) in [7, 11) is 0. The quantitative estimate of drug-likeness (QED) is 0.610. The average Bonchev–Trinajstić information content (AvgIpc) is 2.40. The number of hydrogen-bond acceptors (Lipinski definition) is 3. The number of ether oxygens (including phenoxy) is 1. The van der Waals surface area contributed by atoms with Crippen molar-refractivity contribution in [2.45, 2.75) is 6.92 Å². The molecule has 1 aromatic carbocycles. The molecule has 0 unspecified atom stereocenters. The van der Waals surface area contributed by atoms with E-state index >= 15 is 0 Å². The molecule has 90 valence electrons. The number of aryl methyl sites for hydroxylation is 1. The molecule has 1 aromatic heterocycles. The summed E-state index contributed by atoms with van der Waals surface area (Å²) in [6, 6.07) is 13.1. The monoisotopic (exact) mass is 239 g/mol. The van der Waals surface area contributed by atoms with Gasteiger partial charge in [-0.15, -0.1) is 0 Å². The number of nitrogens with zero attached hydrogens (tertiary/aromatic N) is 1. The van der Waals surface area contributed by atoms with E-state index in [2.05, 4.69) is 4.98 Å². The summed E-state index contributed by atoms with van der Waals surface area (Å²) in [5, 5.41) is 0. The number of rotatable bonds is 3. The van der Waals surface area contributed by atoms with Gasteiger partial charge in [-0.3, -0.25) is 4.98 Å². The van der Waals surface area contributed by atoms with Gasteiger partial charge in [0.1, 0.15) is 5.75 Å². The fraction of sp³-hybridized carbons (Fsp3) is 0.0667. The lowest BCUT2D eigenvalue weighted by Crippen LogP contribution is -2.03. The molecular weight excluding hydrogens is 226 g/mol. The lowest BCUT2D eigenvalue weighted by molar-refractivity contribution is -0.128. The number of pyridine rings is 1. The third-order valence-corrected chi connectivity index (χ3v) is 2.31. The maximum Gasteiger partial charge on any atom is 0.336 e. The zero-order valence-electron chi connectivity index (χ0n) is 10.0. The van der Waals surface area contributed by atoms with Crippen molar-refractivity contribution in [3.63, 3.8) is 0 Å². The van der Waals surface area contributed by atoms with Crippen LogP contribution in [0.3, 0.4) is 0 Å². The molecule has 0 fully saturated rings. The third-order valence-electron chi connectivity index (χ3n) is 2.31. The molecule has 0 amide bonds. The van der Waals surface area contributed by atoms with Crippen LogP contribution in [0, 0.1) is 6.92 Å². The lowest BCUT2D eigenvalue weighted by atomic mass is 10.2. The van der Waals surface area contributed by atoms with E-state index in [0.29, 0.717) is 5.75 Å². The average molecular weight is 239 g/mol. The summed E-state index contributed by atoms with van der Waals surface area (Å²) in [5.74, 6) is 0.0350. The Morgan fingerprint density at radius 1 is 1.17 bits per heavy atom. The molecule has 0 saturated heterocycles. The number of hydrogen-bond donors (Lipinski definition) is 0. The standard InChI is InChI=1S/C15H13NO2/c1-12-7-9-14(11-16-12)18-15(17)10-8-13-5-3-2-4-6-13/h2-11H,1H3. The SMILES string of the molecule is Cc1ccc(OC(=O)C=Cc2ccccc2)cn1. The van der Waals surface area contributed by atoms with Gasteiger partial charge in [-0.25, -0.2) is 4.79 Å². The van der Waals surface area contributed by atoms with E-state index in [1.54, 1.807) is 18.2 Å². The molecule has 18 heavy (non-hydrogen) atoms. The van der Waals surface area contributed by atoms with Crippen LogP contribution >= 0.6 is 0 Å². The first-order valence-electron chi connectivity index (χ1n) is 5.61. The van der Waals surface area contributed by atoms with Crippen molar-refractivity contribution in [1.82, 2.24) is 4.98 Å². The Balaban J connectivity index is 1.97. The number of esters is 1. The second-order valence-corrected chi connectivity index (χ2v) is 3.80. The number of carbonyl (C=O) groups excluding carboxylic acids is 1. The summed E-state index contributed by atoms with van der Waals surface area (Å²) in [6.45, 7) is 1.88. The van der Waals surface area contributed by atoms with Gasteiger partial charge in [0.25, 0.3) is 0 Å². The van der Waals surface area contributed by atoms with Gasteiger partial charge in [-0.05, 0) is 30.7 Å². The van der Waals surface area contributed by atoms with Crippen molar-refractivity contribution in [2.24, 2.45) is 0 Å². The van der Waals surface area contributed by atoms with E-state index in [1.165, 1.54) is 12.3 Å². The van der Waals surface area contributed by atoms with Gasteiger partial charge in [0.2, 0.25) is 0 Å². The molecule has 2 rings (SSSR count). The predicted molar refractivity (Wildman–Crippen MR) is 70.1 cm³/mol. The van der Waals surface area contributed by atoms with Crippen molar-refractivity contribution in [3.05, 3.63) is 66.0 Å². The molecule has 0 bridgehead atoms. The zero-order chi connectivity index (χ0) is 12.8. The Kier molecular flexibility index (Phi) is 3.86. The molecule has 3 nitrogen and oxygen atoms in total. The van der Waals surface area contributed by atoms with E-state index in [-0.39, 0.29) is 0 Å². The predicted octanol–water partition coefficient (Wildman–Crippen LogP) is 3.01. The second-order valence-electron chi connectivity index (χ2n) is 3.80. The van der Waals surface area contributed by atoms with Gasteiger partial charge in [0.15, 0.2) is 0 Å².